The highest BCUT2D eigenvalue weighted by molar-refractivity contribution is 7.15. The second-order valence-electron chi connectivity index (χ2n) is 4.68. The van der Waals surface area contributed by atoms with Crippen LogP contribution in [0.1, 0.15) is 17.6 Å². The van der Waals surface area contributed by atoms with E-state index in [2.05, 4.69) is 20.5 Å². The number of aryl methyl sites for hydroxylation is 2. The topological polar surface area (TPSA) is 81.4 Å². The van der Waals surface area contributed by atoms with Crippen molar-refractivity contribution in [3.63, 3.8) is 0 Å². The summed E-state index contributed by atoms with van der Waals surface area (Å²) in [5.41, 5.74) is 1.58. The molecule has 3 aromatic heterocycles. The summed E-state index contributed by atoms with van der Waals surface area (Å²) in [6.45, 7) is 3.79. The van der Waals surface area contributed by atoms with Crippen LogP contribution in [0.5, 0.6) is 5.75 Å². The number of amides is 1. The maximum absolute atomic E-state index is 11.9. The molecule has 0 bridgehead atoms. The van der Waals surface area contributed by atoms with Crippen molar-refractivity contribution in [3.05, 3.63) is 35.2 Å². The number of carbonyl (C=O) groups excluding carboxylic acids is 1. The standard InChI is InChI=1S/C14H15N5O2S/c1-3-12-17-18-14(22-12)16-11(20)8-21-10-5-4-6-19-7-9(2)15-13(10)19/h4-7H,3,8H2,1-2H3,(H,16,18,20). The Morgan fingerprint density at radius 3 is 3.09 bits per heavy atom. The average Bonchev–Trinajstić information content (AvgIpc) is 3.10. The molecular formula is C14H15N5O2S. The van der Waals surface area contributed by atoms with E-state index in [0.29, 0.717) is 16.5 Å². The van der Waals surface area contributed by atoms with Crippen molar-refractivity contribution in [2.45, 2.75) is 20.3 Å². The Labute approximate surface area is 131 Å². The fourth-order valence-electron chi connectivity index (χ4n) is 1.97. The lowest BCUT2D eigenvalue weighted by molar-refractivity contribution is -0.118. The number of carbonyl (C=O) groups is 1. The van der Waals surface area contributed by atoms with Gasteiger partial charge in [0.25, 0.3) is 5.91 Å². The fraction of sp³-hybridized carbons (Fsp3) is 0.286. The van der Waals surface area contributed by atoms with Crippen LogP contribution in [-0.2, 0) is 11.2 Å². The van der Waals surface area contributed by atoms with Crippen molar-refractivity contribution in [1.29, 1.82) is 0 Å². The lowest BCUT2D eigenvalue weighted by Crippen LogP contribution is -2.20. The number of nitrogens with one attached hydrogen (secondary N) is 1. The molecule has 114 valence electrons. The molecule has 1 N–H and O–H groups in total. The first-order chi connectivity index (χ1) is 10.7. The second-order valence-corrected chi connectivity index (χ2v) is 5.74. The van der Waals surface area contributed by atoms with Gasteiger partial charge in [0.2, 0.25) is 5.13 Å². The lowest BCUT2D eigenvalue weighted by Gasteiger charge is -2.06. The number of hydrogen-bond donors (Lipinski definition) is 1. The van der Waals surface area contributed by atoms with Crippen LogP contribution in [0.15, 0.2) is 24.5 Å². The predicted octanol–water partition coefficient (Wildman–Crippen LogP) is 2.07. The number of anilines is 1. The number of imidazole rings is 1. The van der Waals surface area contributed by atoms with Crippen molar-refractivity contribution in [3.8, 4) is 5.75 Å². The number of fused-ring (bicyclic) bond motifs is 1. The molecule has 7 nitrogen and oxygen atoms in total. The zero-order valence-electron chi connectivity index (χ0n) is 12.2. The normalized spacial score (nSPS) is 10.8. The van der Waals surface area contributed by atoms with Crippen LogP contribution in [0.3, 0.4) is 0 Å². The summed E-state index contributed by atoms with van der Waals surface area (Å²) < 4.78 is 7.42. The van der Waals surface area contributed by atoms with Gasteiger partial charge < -0.3 is 9.14 Å². The maximum atomic E-state index is 11.9. The van der Waals surface area contributed by atoms with E-state index in [9.17, 15) is 4.79 Å². The summed E-state index contributed by atoms with van der Waals surface area (Å²) in [5.74, 6) is 0.293. The largest absolute Gasteiger partial charge is 0.480 e. The van der Waals surface area contributed by atoms with E-state index in [1.54, 1.807) is 6.07 Å². The molecule has 0 aliphatic rings. The lowest BCUT2D eigenvalue weighted by atomic mass is 10.4. The monoisotopic (exact) mass is 317 g/mol. The van der Waals surface area contributed by atoms with Crippen LogP contribution in [-0.4, -0.2) is 32.1 Å². The van der Waals surface area contributed by atoms with Gasteiger partial charge in [-0.3, -0.25) is 10.1 Å². The van der Waals surface area contributed by atoms with E-state index in [-0.39, 0.29) is 12.5 Å². The summed E-state index contributed by atoms with van der Waals surface area (Å²) >= 11 is 1.36. The van der Waals surface area contributed by atoms with E-state index in [0.717, 1.165) is 17.1 Å². The van der Waals surface area contributed by atoms with E-state index in [1.165, 1.54) is 11.3 Å². The predicted molar refractivity (Wildman–Crippen MR) is 83.3 cm³/mol. The Morgan fingerprint density at radius 1 is 1.45 bits per heavy atom. The van der Waals surface area contributed by atoms with Gasteiger partial charge in [-0.25, -0.2) is 4.98 Å². The van der Waals surface area contributed by atoms with Crippen molar-refractivity contribution in [2.75, 3.05) is 11.9 Å². The minimum absolute atomic E-state index is 0.105. The van der Waals surface area contributed by atoms with Gasteiger partial charge in [-0.1, -0.05) is 18.3 Å². The molecule has 0 spiro atoms. The molecule has 3 aromatic rings. The third-order valence-corrected chi connectivity index (χ3v) is 3.92. The summed E-state index contributed by atoms with van der Waals surface area (Å²) in [7, 11) is 0. The highest BCUT2D eigenvalue weighted by Gasteiger charge is 2.10. The molecule has 1 amide bonds. The van der Waals surface area contributed by atoms with Crippen LogP contribution < -0.4 is 10.1 Å². The van der Waals surface area contributed by atoms with Gasteiger partial charge in [0.05, 0.1) is 5.69 Å². The summed E-state index contributed by atoms with van der Waals surface area (Å²) in [5, 5.41) is 11.9. The molecule has 22 heavy (non-hydrogen) atoms. The zero-order chi connectivity index (χ0) is 15.5. The van der Waals surface area contributed by atoms with Gasteiger partial charge in [0.15, 0.2) is 18.0 Å². The zero-order valence-corrected chi connectivity index (χ0v) is 13.1. The van der Waals surface area contributed by atoms with Gasteiger partial charge in [-0.05, 0) is 25.5 Å². The average molecular weight is 317 g/mol. The van der Waals surface area contributed by atoms with Crippen LogP contribution in [0, 0.1) is 6.92 Å². The number of rotatable bonds is 5. The first-order valence-corrected chi connectivity index (χ1v) is 7.66. The van der Waals surface area contributed by atoms with Crippen molar-refractivity contribution >= 4 is 28.0 Å². The Morgan fingerprint density at radius 2 is 2.32 bits per heavy atom. The molecule has 3 heterocycles. The van der Waals surface area contributed by atoms with E-state index in [4.69, 9.17) is 4.74 Å². The van der Waals surface area contributed by atoms with Crippen LogP contribution in [0.2, 0.25) is 0 Å². The smallest absolute Gasteiger partial charge is 0.264 e. The maximum Gasteiger partial charge on any atom is 0.264 e. The molecule has 0 unspecified atom stereocenters. The van der Waals surface area contributed by atoms with Crippen molar-refractivity contribution in [2.24, 2.45) is 0 Å². The number of aromatic nitrogens is 4. The van der Waals surface area contributed by atoms with Gasteiger partial charge in [0.1, 0.15) is 5.01 Å². The molecule has 0 aliphatic heterocycles. The van der Waals surface area contributed by atoms with Gasteiger partial charge >= 0.3 is 0 Å². The molecule has 8 heteroatoms. The van der Waals surface area contributed by atoms with Crippen molar-refractivity contribution < 1.29 is 9.53 Å². The third-order valence-electron chi connectivity index (χ3n) is 2.94. The molecule has 0 fully saturated rings. The molecule has 0 atom stereocenters. The number of hydrogen-bond acceptors (Lipinski definition) is 6. The molecule has 0 aromatic carbocycles. The molecule has 0 saturated heterocycles. The van der Waals surface area contributed by atoms with E-state index < -0.39 is 0 Å². The third kappa shape index (κ3) is 3.06. The second kappa shape index (κ2) is 6.10. The Balaban J connectivity index is 1.64. The summed E-state index contributed by atoms with van der Waals surface area (Å²) in [6, 6.07) is 3.63. The van der Waals surface area contributed by atoms with Gasteiger partial charge in [0, 0.05) is 12.4 Å². The van der Waals surface area contributed by atoms with Crippen LogP contribution in [0.4, 0.5) is 5.13 Å². The van der Waals surface area contributed by atoms with Crippen LogP contribution >= 0.6 is 11.3 Å². The minimum atomic E-state index is -0.274. The molecule has 0 radical (unpaired) electrons. The van der Waals surface area contributed by atoms with E-state index in [1.807, 2.05) is 36.7 Å². The first-order valence-electron chi connectivity index (χ1n) is 6.85. The number of ether oxygens (including phenoxy) is 1. The molecular weight excluding hydrogens is 302 g/mol. The molecule has 0 aliphatic carbocycles. The Kier molecular flexibility index (Phi) is 4.01. The first kappa shape index (κ1) is 14.5. The molecule has 0 saturated carbocycles. The van der Waals surface area contributed by atoms with Crippen molar-refractivity contribution in [1.82, 2.24) is 19.6 Å². The minimum Gasteiger partial charge on any atom is -0.480 e. The highest BCUT2D eigenvalue weighted by atomic mass is 32.1. The Hall–Kier alpha value is -2.48. The highest BCUT2D eigenvalue weighted by Crippen LogP contribution is 2.19. The quantitative estimate of drug-likeness (QED) is 0.779. The SMILES string of the molecule is CCc1nnc(NC(=O)COc2cccn3cc(C)nc23)s1. The van der Waals surface area contributed by atoms with Gasteiger partial charge in [-0.2, -0.15) is 0 Å². The van der Waals surface area contributed by atoms with E-state index >= 15 is 0 Å². The van der Waals surface area contributed by atoms with Crippen LogP contribution in [0.25, 0.3) is 5.65 Å². The summed E-state index contributed by atoms with van der Waals surface area (Å²) in [4.78, 5) is 16.3. The number of nitrogens with zero attached hydrogens (tertiary/aromatic N) is 4. The number of pyridine rings is 1. The summed E-state index contributed by atoms with van der Waals surface area (Å²) in [6.07, 6.45) is 4.58. The fourth-order valence-corrected chi connectivity index (χ4v) is 2.66. The van der Waals surface area contributed by atoms with Gasteiger partial charge in [-0.15, -0.1) is 10.2 Å². The Bertz CT molecular complexity index is 811. The molecule has 3 rings (SSSR count).